The van der Waals surface area contributed by atoms with E-state index in [2.05, 4.69) is 11.8 Å². The van der Waals surface area contributed by atoms with Gasteiger partial charge in [0.05, 0.1) is 6.61 Å². The number of hydrogen-bond donors (Lipinski definition) is 1. The molecule has 1 aliphatic rings. The number of rotatable bonds is 7. The Morgan fingerprint density at radius 1 is 1.35 bits per heavy atom. The highest BCUT2D eigenvalue weighted by Crippen LogP contribution is 2.35. The number of aliphatic hydroxyl groups is 1. The van der Waals surface area contributed by atoms with Gasteiger partial charge < -0.3 is 9.84 Å². The second-order valence-corrected chi connectivity index (χ2v) is 5.74. The molecule has 0 aromatic heterocycles. The molecule has 0 spiro atoms. The van der Waals surface area contributed by atoms with E-state index < -0.39 is 0 Å². The predicted octanol–water partition coefficient (Wildman–Crippen LogP) is 3.65. The lowest BCUT2D eigenvalue weighted by Gasteiger charge is -2.29. The summed E-state index contributed by atoms with van der Waals surface area (Å²) in [6.07, 6.45) is 4.17. The zero-order valence-corrected chi connectivity index (χ0v) is 12.9. The second-order valence-electron chi connectivity index (χ2n) is 5.30. The molecule has 1 fully saturated rings. The van der Waals surface area contributed by atoms with Crippen molar-refractivity contribution in [2.45, 2.75) is 38.6 Å². The van der Waals surface area contributed by atoms with Gasteiger partial charge in [-0.2, -0.15) is 0 Å². The minimum absolute atomic E-state index is 0.181. The molecule has 1 aromatic carbocycles. The van der Waals surface area contributed by atoms with Crippen molar-refractivity contribution >= 4 is 11.6 Å². The number of ether oxygens (including phenoxy) is 1. The monoisotopic (exact) mass is 297 g/mol. The zero-order chi connectivity index (χ0) is 14.4. The van der Waals surface area contributed by atoms with Gasteiger partial charge in [-0.15, -0.1) is 0 Å². The van der Waals surface area contributed by atoms with Gasteiger partial charge in [-0.3, -0.25) is 4.90 Å². The maximum absolute atomic E-state index is 9.39. The quantitative estimate of drug-likeness (QED) is 0.834. The molecule has 1 N–H and O–H groups in total. The van der Waals surface area contributed by atoms with Crippen molar-refractivity contribution in [2.24, 2.45) is 0 Å². The van der Waals surface area contributed by atoms with Gasteiger partial charge in [-0.25, -0.2) is 0 Å². The molecule has 112 valence electrons. The van der Waals surface area contributed by atoms with Crippen LogP contribution in [-0.4, -0.2) is 36.3 Å². The van der Waals surface area contributed by atoms with Crippen LogP contribution in [0.25, 0.3) is 0 Å². The van der Waals surface area contributed by atoms with E-state index in [-0.39, 0.29) is 12.6 Å². The fourth-order valence-electron chi connectivity index (χ4n) is 2.83. The smallest absolute Gasteiger partial charge is 0.124 e. The molecule has 3 nitrogen and oxygen atoms in total. The molecule has 0 saturated carbocycles. The van der Waals surface area contributed by atoms with E-state index in [1.165, 1.54) is 12.8 Å². The molecule has 1 heterocycles. The van der Waals surface area contributed by atoms with Gasteiger partial charge >= 0.3 is 0 Å². The largest absolute Gasteiger partial charge is 0.493 e. The van der Waals surface area contributed by atoms with Crippen LogP contribution < -0.4 is 4.74 Å². The fourth-order valence-corrected chi connectivity index (χ4v) is 3.01. The predicted molar refractivity (Wildman–Crippen MR) is 82.5 cm³/mol. The van der Waals surface area contributed by atoms with E-state index in [4.69, 9.17) is 16.3 Å². The number of nitrogens with zero attached hydrogens (tertiary/aromatic N) is 1. The maximum Gasteiger partial charge on any atom is 0.124 e. The highest BCUT2D eigenvalue weighted by atomic mass is 35.5. The van der Waals surface area contributed by atoms with Crippen LogP contribution in [0.15, 0.2) is 18.2 Å². The molecule has 1 aromatic rings. The van der Waals surface area contributed by atoms with Gasteiger partial charge in [0, 0.05) is 23.2 Å². The molecule has 1 unspecified atom stereocenters. The van der Waals surface area contributed by atoms with Crippen LogP contribution in [0, 0.1) is 0 Å². The summed E-state index contributed by atoms with van der Waals surface area (Å²) in [6.45, 7) is 5.16. The Hall–Kier alpha value is -0.770. The number of halogens is 1. The molecule has 2 rings (SSSR count). The Morgan fingerprint density at radius 3 is 2.75 bits per heavy atom. The second kappa shape index (κ2) is 7.87. The summed E-state index contributed by atoms with van der Waals surface area (Å²) in [6, 6.07) is 6.02. The van der Waals surface area contributed by atoms with Crippen LogP contribution in [0.4, 0.5) is 0 Å². The highest BCUT2D eigenvalue weighted by Gasteiger charge is 2.25. The lowest BCUT2D eigenvalue weighted by Crippen LogP contribution is -2.27. The summed E-state index contributed by atoms with van der Waals surface area (Å²) in [5, 5.41) is 10.1. The third-order valence-corrected chi connectivity index (χ3v) is 4.01. The van der Waals surface area contributed by atoms with Gasteiger partial charge in [0.1, 0.15) is 5.75 Å². The lowest BCUT2D eigenvalue weighted by molar-refractivity contribution is 0.180. The molecule has 0 bridgehead atoms. The Morgan fingerprint density at radius 2 is 2.10 bits per heavy atom. The molecule has 20 heavy (non-hydrogen) atoms. The minimum atomic E-state index is 0.181. The molecule has 1 saturated heterocycles. The van der Waals surface area contributed by atoms with Gasteiger partial charge in [0.15, 0.2) is 0 Å². The van der Waals surface area contributed by atoms with E-state index in [0.29, 0.717) is 6.61 Å². The van der Waals surface area contributed by atoms with Gasteiger partial charge in [-0.05, 0) is 57.0 Å². The molecule has 1 aliphatic heterocycles. The molecular formula is C16H24ClNO2. The maximum atomic E-state index is 9.39. The van der Waals surface area contributed by atoms with Crippen LogP contribution in [0.2, 0.25) is 5.02 Å². The Labute approximate surface area is 126 Å². The number of likely N-dealkylation sites (tertiary alicyclic amines) is 1. The SMILES string of the molecule is CCCOc1ccc(Cl)cc1C(CCO)N1CCCC1. The first-order valence-electron chi connectivity index (χ1n) is 7.53. The minimum Gasteiger partial charge on any atom is -0.493 e. The first-order valence-corrected chi connectivity index (χ1v) is 7.91. The average Bonchev–Trinajstić information content (AvgIpc) is 2.97. The molecule has 0 amide bonds. The van der Waals surface area contributed by atoms with Gasteiger partial charge in [0.25, 0.3) is 0 Å². The van der Waals surface area contributed by atoms with E-state index in [1.807, 2.05) is 18.2 Å². The zero-order valence-electron chi connectivity index (χ0n) is 12.1. The third kappa shape index (κ3) is 3.87. The van der Waals surface area contributed by atoms with Crippen molar-refractivity contribution in [2.75, 3.05) is 26.3 Å². The van der Waals surface area contributed by atoms with Crippen molar-refractivity contribution in [3.63, 3.8) is 0 Å². The molecular weight excluding hydrogens is 274 g/mol. The summed E-state index contributed by atoms with van der Waals surface area (Å²) < 4.78 is 5.86. The molecule has 1 atom stereocenters. The summed E-state index contributed by atoms with van der Waals surface area (Å²) in [5.41, 5.74) is 1.11. The Bertz CT molecular complexity index is 419. The summed E-state index contributed by atoms with van der Waals surface area (Å²) in [4.78, 5) is 2.43. The van der Waals surface area contributed by atoms with E-state index >= 15 is 0 Å². The number of benzene rings is 1. The Balaban J connectivity index is 2.26. The summed E-state index contributed by atoms with van der Waals surface area (Å²) in [5.74, 6) is 0.904. The lowest BCUT2D eigenvalue weighted by atomic mass is 10.0. The third-order valence-electron chi connectivity index (χ3n) is 3.78. The van der Waals surface area contributed by atoms with E-state index in [9.17, 15) is 5.11 Å². The molecule has 0 aliphatic carbocycles. The molecule has 0 radical (unpaired) electrons. The van der Waals surface area contributed by atoms with Crippen LogP contribution in [0.5, 0.6) is 5.75 Å². The fraction of sp³-hybridized carbons (Fsp3) is 0.625. The number of aliphatic hydroxyl groups excluding tert-OH is 1. The van der Waals surface area contributed by atoms with Crippen LogP contribution in [-0.2, 0) is 0 Å². The summed E-state index contributed by atoms with van der Waals surface area (Å²) >= 11 is 6.17. The van der Waals surface area contributed by atoms with Crippen LogP contribution in [0.3, 0.4) is 0 Å². The van der Waals surface area contributed by atoms with E-state index in [1.54, 1.807) is 0 Å². The molecule has 4 heteroatoms. The first-order chi connectivity index (χ1) is 9.76. The van der Waals surface area contributed by atoms with Gasteiger partial charge in [0.2, 0.25) is 0 Å². The normalized spacial score (nSPS) is 17.4. The van der Waals surface area contributed by atoms with Crippen LogP contribution in [0.1, 0.15) is 44.2 Å². The van der Waals surface area contributed by atoms with Crippen LogP contribution >= 0.6 is 11.6 Å². The van der Waals surface area contributed by atoms with Crippen molar-refractivity contribution in [3.8, 4) is 5.75 Å². The standard InChI is InChI=1S/C16H24ClNO2/c1-2-11-20-16-6-5-13(17)12-14(16)15(7-10-19)18-8-3-4-9-18/h5-6,12,15,19H,2-4,7-11H2,1H3. The summed E-state index contributed by atoms with van der Waals surface area (Å²) in [7, 11) is 0. The first kappa shape index (κ1) is 15.6. The Kier molecular flexibility index (Phi) is 6.14. The van der Waals surface area contributed by atoms with Gasteiger partial charge in [-0.1, -0.05) is 18.5 Å². The van der Waals surface area contributed by atoms with Crippen molar-refractivity contribution < 1.29 is 9.84 Å². The highest BCUT2D eigenvalue weighted by molar-refractivity contribution is 6.30. The van der Waals surface area contributed by atoms with Crippen molar-refractivity contribution in [3.05, 3.63) is 28.8 Å². The van der Waals surface area contributed by atoms with Crippen molar-refractivity contribution in [1.29, 1.82) is 0 Å². The van der Waals surface area contributed by atoms with Crippen molar-refractivity contribution in [1.82, 2.24) is 4.90 Å². The van der Waals surface area contributed by atoms with E-state index in [0.717, 1.165) is 42.3 Å². The number of hydrogen-bond acceptors (Lipinski definition) is 3. The topological polar surface area (TPSA) is 32.7 Å². The average molecular weight is 298 g/mol.